The topological polar surface area (TPSA) is 46.5 Å². The Kier molecular flexibility index (Phi) is 3.51. The average Bonchev–Trinajstić information content (AvgIpc) is 2.34. The zero-order valence-electron chi connectivity index (χ0n) is 10.5. The second-order valence-corrected chi connectivity index (χ2v) is 4.59. The lowest BCUT2D eigenvalue weighted by molar-refractivity contribution is 0.0693. The van der Waals surface area contributed by atoms with Crippen LogP contribution in [0.2, 0.25) is 0 Å². The van der Waals surface area contributed by atoms with Gasteiger partial charge in [0.05, 0.1) is 0 Å². The maximum atomic E-state index is 11.2. The van der Waals surface area contributed by atoms with Crippen LogP contribution in [-0.2, 0) is 0 Å². The molecule has 0 aromatic heterocycles. The van der Waals surface area contributed by atoms with Gasteiger partial charge in [-0.15, -0.1) is 0 Å². The molecule has 0 saturated carbocycles. The van der Waals surface area contributed by atoms with E-state index in [0.29, 0.717) is 17.4 Å². The van der Waals surface area contributed by atoms with E-state index in [4.69, 9.17) is 9.84 Å². The minimum atomic E-state index is -0.970. The van der Waals surface area contributed by atoms with Gasteiger partial charge in [-0.25, -0.2) is 4.79 Å². The van der Waals surface area contributed by atoms with Crippen molar-refractivity contribution in [2.24, 2.45) is 5.92 Å². The molecule has 94 valence electrons. The van der Waals surface area contributed by atoms with E-state index in [-0.39, 0.29) is 5.56 Å². The Bertz CT molecular complexity index is 527. The average molecular weight is 244 g/mol. The van der Waals surface area contributed by atoms with Crippen molar-refractivity contribution in [2.45, 2.75) is 20.3 Å². The molecule has 2 rings (SSSR count). The molecule has 1 aromatic carbocycles. The number of carbonyl (C=O) groups is 1. The fraction of sp³-hybridized carbons (Fsp3) is 0.267. The first kappa shape index (κ1) is 12.4. The van der Waals surface area contributed by atoms with Crippen molar-refractivity contribution >= 4 is 5.97 Å². The Labute approximate surface area is 106 Å². The van der Waals surface area contributed by atoms with Crippen molar-refractivity contribution in [1.29, 1.82) is 0 Å². The van der Waals surface area contributed by atoms with Gasteiger partial charge in [0.25, 0.3) is 0 Å². The molecule has 1 aromatic rings. The summed E-state index contributed by atoms with van der Waals surface area (Å²) in [5.41, 5.74) is 1.10. The molecule has 1 atom stereocenters. The van der Waals surface area contributed by atoms with Crippen LogP contribution in [0.3, 0.4) is 0 Å². The van der Waals surface area contributed by atoms with Crippen LogP contribution in [0.15, 0.2) is 42.2 Å². The summed E-state index contributed by atoms with van der Waals surface area (Å²) in [6, 6.07) is 5.16. The normalized spacial score (nSPS) is 18.3. The number of ether oxygens (including phenoxy) is 1. The summed E-state index contributed by atoms with van der Waals surface area (Å²) >= 11 is 0. The van der Waals surface area contributed by atoms with Crippen molar-refractivity contribution in [3.8, 4) is 5.75 Å². The van der Waals surface area contributed by atoms with Crippen molar-refractivity contribution in [2.75, 3.05) is 0 Å². The van der Waals surface area contributed by atoms with Gasteiger partial charge in [0.1, 0.15) is 17.1 Å². The largest absolute Gasteiger partial charge is 0.478 e. The molecule has 3 nitrogen and oxygen atoms in total. The summed E-state index contributed by atoms with van der Waals surface area (Å²) in [5, 5.41) is 9.14. The minimum absolute atomic E-state index is 0.197. The van der Waals surface area contributed by atoms with Gasteiger partial charge in [0, 0.05) is 0 Å². The molecule has 1 N–H and O–H groups in total. The fourth-order valence-corrected chi connectivity index (χ4v) is 1.81. The summed E-state index contributed by atoms with van der Waals surface area (Å²) in [7, 11) is 0. The van der Waals surface area contributed by atoms with Gasteiger partial charge in [-0.1, -0.05) is 24.6 Å². The van der Waals surface area contributed by atoms with Crippen molar-refractivity contribution in [3.63, 3.8) is 0 Å². The smallest absolute Gasteiger partial charge is 0.339 e. The summed E-state index contributed by atoms with van der Waals surface area (Å²) < 4.78 is 5.64. The Hall–Kier alpha value is -2.03. The highest BCUT2D eigenvalue weighted by molar-refractivity contribution is 5.91. The summed E-state index contributed by atoms with van der Waals surface area (Å²) in [5.74, 6) is 0.634. The predicted octanol–water partition coefficient (Wildman–Crippen LogP) is 3.55. The fourth-order valence-electron chi connectivity index (χ4n) is 1.81. The van der Waals surface area contributed by atoms with E-state index in [2.05, 4.69) is 13.0 Å². The van der Waals surface area contributed by atoms with E-state index < -0.39 is 5.97 Å². The Morgan fingerprint density at radius 2 is 2.22 bits per heavy atom. The molecule has 0 amide bonds. The van der Waals surface area contributed by atoms with Gasteiger partial charge < -0.3 is 9.84 Å². The van der Waals surface area contributed by atoms with Crippen LogP contribution in [0.25, 0.3) is 0 Å². The summed E-state index contributed by atoms with van der Waals surface area (Å²) in [6.07, 6.45) is 6.85. The second-order valence-electron chi connectivity index (χ2n) is 4.59. The number of aromatic carboxylic acids is 1. The summed E-state index contributed by atoms with van der Waals surface area (Å²) in [4.78, 5) is 11.2. The van der Waals surface area contributed by atoms with Crippen LogP contribution >= 0.6 is 0 Å². The molecule has 0 radical (unpaired) electrons. The highest BCUT2D eigenvalue weighted by Crippen LogP contribution is 2.25. The van der Waals surface area contributed by atoms with Gasteiger partial charge in [0.2, 0.25) is 0 Å². The molecule has 1 aliphatic rings. The number of rotatable bonds is 3. The predicted molar refractivity (Wildman–Crippen MR) is 69.8 cm³/mol. The zero-order chi connectivity index (χ0) is 13.1. The quantitative estimate of drug-likeness (QED) is 0.884. The zero-order valence-corrected chi connectivity index (χ0v) is 10.5. The monoisotopic (exact) mass is 244 g/mol. The summed E-state index contributed by atoms with van der Waals surface area (Å²) in [6.45, 7) is 3.98. The third-order valence-corrected chi connectivity index (χ3v) is 2.87. The number of benzene rings is 1. The molecular weight excluding hydrogens is 228 g/mol. The second kappa shape index (κ2) is 5.08. The van der Waals surface area contributed by atoms with E-state index in [1.807, 2.05) is 25.1 Å². The van der Waals surface area contributed by atoms with E-state index in [9.17, 15) is 4.79 Å². The number of allylic oxidation sites excluding steroid dienone is 3. The lowest BCUT2D eigenvalue weighted by Crippen LogP contribution is -2.05. The molecular formula is C15H16O3. The molecule has 0 heterocycles. The van der Waals surface area contributed by atoms with Crippen LogP contribution in [0, 0.1) is 12.8 Å². The number of hydrogen-bond donors (Lipinski definition) is 1. The Morgan fingerprint density at radius 1 is 1.44 bits per heavy atom. The lowest BCUT2D eigenvalue weighted by Gasteiger charge is -2.14. The van der Waals surface area contributed by atoms with Gasteiger partial charge in [0.15, 0.2) is 0 Å². The first-order valence-corrected chi connectivity index (χ1v) is 5.96. The van der Waals surface area contributed by atoms with Crippen LogP contribution in [0.5, 0.6) is 5.75 Å². The van der Waals surface area contributed by atoms with Gasteiger partial charge >= 0.3 is 5.97 Å². The molecule has 0 fully saturated rings. The van der Waals surface area contributed by atoms with Crippen molar-refractivity contribution < 1.29 is 14.6 Å². The van der Waals surface area contributed by atoms with E-state index >= 15 is 0 Å². The third kappa shape index (κ3) is 2.80. The van der Waals surface area contributed by atoms with Crippen LogP contribution in [0.4, 0.5) is 0 Å². The van der Waals surface area contributed by atoms with Crippen molar-refractivity contribution in [3.05, 3.63) is 53.3 Å². The van der Waals surface area contributed by atoms with E-state index in [0.717, 1.165) is 12.0 Å². The number of carboxylic acid groups (broad SMARTS) is 1. The Morgan fingerprint density at radius 3 is 2.83 bits per heavy atom. The molecule has 3 heteroatoms. The van der Waals surface area contributed by atoms with E-state index in [1.165, 1.54) is 0 Å². The number of carboxylic acids is 1. The van der Waals surface area contributed by atoms with Crippen LogP contribution in [0.1, 0.15) is 29.3 Å². The first-order valence-electron chi connectivity index (χ1n) is 5.96. The lowest BCUT2D eigenvalue weighted by atomic mass is 10.0. The maximum absolute atomic E-state index is 11.2. The SMILES string of the molecule is Cc1ccc(OC2=CCC(C)C=C2)c(C(=O)O)c1. The Balaban J connectivity index is 2.24. The molecule has 18 heavy (non-hydrogen) atoms. The number of hydrogen-bond acceptors (Lipinski definition) is 2. The molecule has 0 spiro atoms. The molecule has 0 bridgehead atoms. The standard InChI is InChI=1S/C15H16O3/c1-10-3-6-12(7-4-10)18-14-8-5-11(2)9-13(14)15(16)17/h3,5-10H,4H2,1-2H3,(H,16,17). The highest BCUT2D eigenvalue weighted by atomic mass is 16.5. The molecule has 0 aliphatic heterocycles. The maximum Gasteiger partial charge on any atom is 0.339 e. The van der Waals surface area contributed by atoms with Gasteiger partial charge in [-0.2, -0.15) is 0 Å². The van der Waals surface area contributed by atoms with Crippen LogP contribution < -0.4 is 4.74 Å². The molecule has 1 aliphatic carbocycles. The highest BCUT2D eigenvalue weighted by Gasteiger charge is 2.13. The molecule has 0 saturated heterocycles. The van der Waals surface area contributed by atoms with Gasteiger partial charge in [-0.3, -0.25) is 0 Å². The third-order valence-electron chi connectivity index (χ3n) is 2.87. The molecule has 1 unspecified atom stereocenters. The van der Waals surface area contributed by atoms with Gasteiger partial charge in [-0.05, 0) is 43.5 Å². The van der Waals surface area contributed by atoms with E-state index in [1.54, 1.807) is 12.1 Å². The minimum Gasteiger partial charge on any atom is -0.478 e. The van der Waals surface area contributed by atoms with Crippen molar-refractivity contribution in [1.82, 2.24) is 0 Å². The first-order chi connectivity index (χ1) is 8.56. The number of aryl methyl sites for hydroxylation is 1. The van der Waals surface area contributed by atoms with Crippen LogP contribution in [-0.4, -0.2) is 11.1 Å².